The standard InChI is InChI=1S/C16H18O4/c1-20-16-9-11(5-8-14(16)18)3-2-4-12-6-7-13(17)10-15(12)19/h5-10,17-19H,2-4H2,1H3. The Morgan fingerprint density at radius 1 is 0.900 bits per heavy atom. The Hall–Kier alpha value is -2.36. The number of ether oxygens (including phenoxy) is 1. The molecule has 0 aliphatic carbocycles. The zero-order chi connectivity index (χ0) is 14.5. The summed E-state index contributed by atoms with van der Waals surface area (Å²) in [6.07, 6.45) is 2.39. The molecule has 2 aromatic carbocycles. The van der Waals surface area contributed by atoms with Crippen LogP contribution >= 0.6 is 0 Å². The minimum Gasteiger partial charge on any atom is -0.508 e. The molecule has 0 heterocycles. The van der Waals surface area contributed by atoms with Gasteiger partial charge in [-0.1, -0.05) is 12.1 Å². The number of methoxy groups -OCH3 is 1. The predicted octanol–water partition coefficient (Wildman–Crippen LogP) is 2.99. The molecule has 2 aromatic rings. The smallest absolute Gasteiger partial charge is 0.160 e. The SMILES string of the molecule is COc1cc(CCCc2ccc(O)cc2O)ccc1O. The fourth-order valence-electron chi connectivity index (χ4n) is 2.12. The second-order valence-corrected chi connectivity index (χ2v) is 4.67. The molecule has 0 unspecified atom stereocenters. The van der Waals surface area contributed by atoms with Gasteiger partial charge in [-0.2, -0.15) is 0 Å². The average Bonchev–Trinajstić information content (AvgIpc) is 2.43. The molecule has 0 aromatic heterocycles. The molecule has 0 amide bonds. The van der Waals surface area contributed by atoms with Crippen LogP contribution in [0.25, 0.3) is 0 Å². The molecule has 0 saturated heterocycles. The zero-order valence-electron chi connectivity index (χ0n) is 11.3. The Kier molecular flexibility index (Phi) is 4.35. The summed E-state index contributed by atoms with van der Waals surface area (Å²) in [6, 6.07) is 9.92. The molecule has 0 fully saturated rings. The Morgan fingerprint density at radius 2 is 1.70 bits per heavy atom. The van der Waals surface area contributed by atoms with E-state index in [-0.39, 0.29) is 17.2 Å². The van der Waals surface area contributed by atoms with E-state index in [4.69, 9.17) is 4.74 Å². The van der Waals surface area contributed by atoms with E-state index in [9.17, 15) is 15.3 Å². The van der Waals surface area contributed by atoms with Gasteiger partial charge in [0.05, 0.1) is 7.11 Å². The number of aromatic hydroxyl groups is 3. The molecule has 0 aliphatic heterocycles. The van der Waals surface area contributed by atoms with E-state index in [0.29, 0.717) is 5.75 Å². The van der Waals surface area contributed by atoms with Crippen molar-refractivity contribution < 1.29 is 20.1 Å². The highest BCUT2D eigenvalue weighted by atomic mass is 16.5. The van der Waals surface area contributed by atoms with Crippen molar-refractivity contribution in [1.29, 1.82) is 0 Å². The first kappa shape index (κ1) is 14.1. The number of hydrogen-bond donors (Lipinski definition) is 3. The molecule has 2 rings (SSSR count). The van der Waals surface area contributed by atoms with Crippen LogP contribution in [-0.2, 0) is 12.8 Å². The van der Waals surface area contributed by atoms with E-state index < -0.39 is 0 Å². The van der Waals surface area contributed by atoms with Crippen molar-refractivity contribution in [1.82, 2.24) is 0 Å². The number of aryl methyl sites for hydroxylation is 2. The van der Waals surface area contributed by atoms with Crippen LogP contribution < -0.4 is 4.74 Å². The van der Waals surface area contributed by atoms with Gasteiger partial charge in [-0.3, -0.25) is 0 Å². The van der Waals surface area contributed by atoms with Gasteiger partial charge in [-0.25, -0.2) is 0 Å². The lowest BCUT2D eigenvalue weighted by atomic mass is 10.0. The molecule has 0 saturated carbocycles. The van der Waals surface area contributed by atoms with Crippen molar-refractivity contribution in [3.05, 3.63) is 47.5 Å². The molecule has 106 valence electrons. The fourth-order valence-corrected chi connectivity index (χ4v) is 2.12. The molecular formula is C16H18O4. The first-order valence-corrected chi connectivity index (χ1v) is 6.47. The summed E-state index contributed by atoms with van der Waals surface area (Å²) in [5.41, 5.74) is 1.88. The largest absolute Gasteiger partial charge is 0.508 e. The van der Waals surface area contributed by atoms with E-state index in [2.05, 4.69) is 0 Å². The van der Waals surface area contributed by atoms with Crippen LogP contribution in [0.3, 0.4) is 0 Å². The van der Waals surface area contributed by atoms with Gasteiger partial charge in [-0.15, -0.1) is 0 Å². The van der Waals surface area contributed by atoms with E-state index in [1.165, 1.54) is 13.2 Å². The maximum atomic E-state index is 9.69. The third-order valence-corrected chi connectivity index (χ3v) is 3.22. The number of benzene rings is 2. The molecule has 20 heavy (non-hydrogen) atoms. The molecular weight excluding hydrogens is 256 g/mol. The van der Waals surface area contributed by atoms with Gasteiger partial charge in [-0.05, 0) is 48.6 Å². The Labute approximate surface area is 117 Å². The van der Waals surface area contributed by atoms with Crippen molar-refractivity contribution >= 4 is 0 Å². The lowest BCUT2D eigenvalue weighted by Gasteiger charge is -2.08. The molecule has 4 nitrogen and oxygen atoms in total. The van der Waals surface area contributed by atoms with Crippen LogP contribution in [0.1, 0.15) is 17.5 Å². The third kappa shape index (κ3) is 3.35. The van der Waals surface area contributed by atoms with Crippen molar-refractivity contribution in [2.75, 3.05) is 7.11 Å². The first-order valence-electron chi connectivity index (χ1n) is 6.47. The van der Waals surface area contributed by atoms with Crippen molar-refractivity contribution in [2.45, 2.75) is 19.3 Å². The Balaban J connectivity index is 1.96. The number of phenols is 3. The van der Waals surface area contributed by atoms with Crippen LogP contribution in [0.5, 0.6) is 23.0 Å². The molecule has 0 radical (unpaired) electrons. The minimum absolute atomic E-state index is 0.0644. The van der Waals surface area contributed by atoms with Gasteiger partial charge in [0.1, 0.15) is 11.5 Å². The van der Waals surface area contributed by atoms with Crippen LogP contribution in [0.15, 0.2) is 36.4 Å². The predicted molar refractivity (Wildman–Crippen MR) is 76.5 cm³/mol. The Morgan fingerprint density at radius 3 is 2.40 bits per heavy atom. The second-order valence-electron chi connectivity index (χ2n) is 4.67. The minimum atomic E-state index is 0.0644. The monoisotopic (exact) mass is 274 g/mol. The quantitative estimate of drug-likeness (QED) is 0.784. The lowest BCUT2D eigenvalue weighted by molar-refractivity contribution is 0.373. The summed E-state index contributed by atoms with van der Waals surface area (Å²) in [5, 5.41) is 28.4. The topological polar surface area (TPSA) is 69.9 Å². The highest BCUT2D eigenvalue weighted by Gasteiger charge is 2.05. The lowest BCUT2D eigenvalue weighted by Crippen LogP contribution is -1.92. The number of phenolic OH excluding ortho intramolecular Hbond substituents is 3. The summed E-state index contributed by atoms with van der Waals surface area (Å²) in [6.45, 7) is 0. The summed E-state index contributed by atoms with van der Waals surface area (Å²) in [4.78, 5) is 0. The van der Waals surface area contributed by atoms with Gasteiger partial charge in [0.2, 0.25) is 0 Å². The number of rotatable bonds is 5. The van der Waals surface area contributed by atoms with Gasteiger partial charge in [0, 0.05) is 6.07 Å². The first-order chi connectivity index (χ1) is 9.60. The molecule has 4 heteroatoms. The molecule has 0 bridgehead atoms. The molecule has 0 aliphatic rings. The highest BCUT2D eigenvalue weighted by Crippen LogP contribution is 2.28. The van der Waals surface area contributed by atoms with Gasteiger partial charge in [0.15, 0.2) is 11.5 Å². The summed E-state index contributed by atoms with van der Waals surface area (Å²) in [7, 11) is 1.52. The summed E-state index contributed by atoms with van der Waals surface area (Å²) < 4.78 is 5.06. The van der Waals surface area contributed by atoms with Crippen LogP contribution in [-0.4, -0.2) is 22.4 Å². The van der Waals surface area contributed by atoms with E-state index in [1.807, 2.05) is 12.1 Å². The van der Waals surface area contributed by atoms with Gasteiger partial charge < -0.3 is 20.1 Å². The highest BCUT2D eigenvalue weighted by molar-refractivity contribution is 5.42. The maximum absolute atomic E-state index is 9.69. The van der Waals surface area contributed by atoms with Gasteiger partial charge in [0.25, 0.3) is 0 Å². The van der Waals surface area contributed by atoms with E-state index in [0.717, 1.165) is 30.4 Å². The van der Waals surface area contributed by atoms with Crippen molar-refractivity contribution in [3.8, 4) is 23.0 Å². The second kappa shape index (κ2) is 6.19. The van der Waals surface area contributed by atoms with Crippen molar-refractivity contribution in [3.63, 3.8) is 0 Å². The van der Waals surface area contributed by atoms with E-state index >= 15 is 0 Å². The van der Waals surface area contributed by atoms with Gasteiger partial charge >= 0.3 is 0 Å². The molecule has 3 N–H and O–H groups in total. The molecule has 0 atom stereocenters. The number of hydrogen-bond acceptors (Lipinski definition) is 4. The maximum Gasteiger partial charge on any atom is 0.160 e. The van der Waals surface area contributed by atoms with Crippen LogP contribution in [0.2, 0.25) is 0 Å². The zero-order valence-corrected chi connectivity index (χ0v) is 11.3. The average molecular weight is 274 g/mol. The van der Waals surface area contributed by atoms with Crippen LogP contribution in [0.4, 0.5) is 0 Å². The Bertz CT molecular complexity index is 593. The normalized spacial score (nSPS) is 10.4. The molecule has 0 spiro atoms. The summed E-state index contributed by atoms with van der Waals surface area (Å²) in [5.74, 6) is 0.783. The third-order valence-electron chi connectivity index (χ3n) is 3.22. The van der Waals surface area contributed by atoms with E-state index in [1.54, 1.807) is 18.2 Å². The van der Waals surface area contributed by atoms with Crippen molar-refractivity contribution in [2.24, 2.45) is 0 Å². The summed E-state index contributed by atoms with van der Waals surface area (Å²) >= 11 is 0. The fraction of sp³-hybridized carbons (Fsp3) is 0.250. The van der Waals surface area contributed by atoms with Crippen LogP contribution in [0, 0.1) is 0 Å².